The topological polar surface area (TPSA) is 59.1 Å². The Morgan fingerprint density at radius 1 is 1.03 bits per heavy atom. The zero-order chi connectivity index (χ0) is 22.1. The zero-order valence-corrected chi connectivity index (χ0v) is 17.4. The Morgan fingerprint density at radius 3 is 2.20 bits per heavy atom. The van der Waals surface area contributed by atoms with E-state index < -0.39 is 29.4 Å². The Hall–Kier alpha value is -2.29. The van der Waals surface area contributed by atoms with Gasteiger partial charge >= 0.3 is 18.2 Å². The molecule has 1 heterocycles. The number of halogens is 3. The fourth-order valence-electron chi connectivity index (χ4n) is 3.17. The van der Waals surface area contributed by atoms with Gasteiger partial charge in [-0.2, -0.15) is 13.2 Å². The van der Waals surface area contributed by atoms with Crippen LogP contribution in [-0.2, 0) is 22.3 Å². The largest absolute Gasteiger partial charge is 0.444 e. The SMILES string of the molecule is CC(C)(C)OC(=O)N1CCN(Cc2cc(OC(=O)C3CC3)cc(C(F)(F)F)c2)CC1. The molecule has 0 spiro atoms. The highest BCUT2D eigenvalue weighted by Gasteiger charge is 2.34. The molecule has 2 aliphatic rings. The number of amides is 1. The predicted octanol–water partition coefficient (Wildman–Crippen LogP) is 4.07. The van der Waals surface area contributed by atoms with Crippen molar-refractivity contribution < 1.29 is 32.2 Å². The highest BCUT2D eigenvalue weighted by Crippen LogP contribution is 2.35. The summed E-state index contributed by atoms with van der Waals surface area (Å²) >= 11 is 0. The molecule has 1 saturated heterocycles. The first-order valence-corrected chi connectivity index (χ1v) is 10.0. The van der Waals surface area contributed by atoms with Crippen LogP contribution in [0.5, 0.6) is 5.75 Å². The molecule has 3 rings (SSSR count). The minimum atomic E-state index is -4.54. The molecule has 1 aliphatic carbocycles. The van der Waals surface area contributed by atoms with Crippen molar-refractivity contribution in [1.29, 1.82) is 0 Å². The molecule has 1 aromatic carbocycles. The van der Waals surface area contributed by atoms with E-state index in [0.29, 0.717) is 44.6 Å². The molecule has 1 amide bonds. The molecule has 6 nitrogen and oxygen atoms in total. The van der Waals surface area contributed by atoms with Crippen LogP contribution in [-0.4, -0.2) is 53.6 Å². The number of rotatable bonds is 4. The van der Waals surface area contributed by atoms with E-state index in [2.05, 4.69) is 0 Å². The Labute approximate surface area is 173 Å². The molecule has 30 heavy (non-hydrogen) atoms. The molecular weight excluding hydrogens is 401 g/mol. The lowest BCUT2D eigenvalue weighted by Gasteiger charge is -2.35. The van der Waals surface area contributed by atoms with Crippen molar-refractivity contribution in [3.05, 3.63) is 29.3 Å². The molecule has 1 saturated carbocycles. The first-order valence-electron chi connectivity index (χ1n) is 10.0. The standard InChI is InChI=1S/C21H27F3N2O4/c1-20(2,3)30-19(28)26-8-6-25(7-9-26)13-14-10-16(21(22,23)24)12-17(11-14)29-18(27)15-4-5-15/h10-12,15H,4-9,13H2,1-3H3. The van der Waals surface area contributed by atoms with Gasteiger partial charge in [0.1, 0.15) is 11.4 Å². The third-order valence-corrected chi connectivity index (χ3v) is 4.85. The number of carbonyl (C=O) groups is 2. The quantitative estimate of drug-likeness (QED) is 0.535. The summed E-state index contributed by atoms with van der Waals surface area (Å²) in [6.45, 7) is 7.52. The van der Waals surface area contributed by atoms with Gasteiger partial charge in [0, 0.05) is 32.7 Å². The maximum absolute atomic E-state index is 13.3. The van der Waals surface area contributed by atoms with Gasteiger partial charge in [0.25, 0.3) is 0 Å². The van der Waals surface area contributed by atoms with Gasteiger partial charge in [0.2, 0.25) is 0 Å². The average molecular weight is 428 g/mol. The predicted molar refractivity (Wildman–Crippen MR) is 103 cm³/mol. The monoisotopic (exact) mass is 428 g/mol. The van der Waals surface area contributed by atoms with Crippen LogP contribution in [0.3, 0.4) is 0 Å². The van der Waals surface area contributed by atoms with Crippen LogP contribution in [0.1, 0.15) is 44.7 Å². The molecule has 1 aliphatic heterocycles. The minimum Gasteiger partial charge on any atom is -0.444 e. The number of nitrogens with zero attached hydrogens (tertiary/aromatic N) is 2. The van der Waals surface area contributed by atoms with Gasteiger partial charge < -0.3 is 14.4 Å². The van der Waals surface area contributed by atoms with E-state index in [1.807, 2.05) is 4.90 Å². The van der Waals surface area contributed by atoms with Crippen LogP contribution in [0, 0.1) is 5.92 Å². The van der Waals surface area contributed by atoms with E-state index in [1.165, 1.54) is 6.07 Å². The fourth-order valence-corrected chi connectivity index (χ4v) is 3.17. The van der Waals surface area contributed by atoms with Crippen molar-refractivity contribution in [2.75, 3.05) is 26.2 Å². The fraction of sp³-hybridized carbons (Fsp3) is 0.619. The number of ether oxygens (including phenoxy) is 2. The van der Waals surface area contributed by atoms with Crippen LogP contribution in [0.15, 0.2) is 18.2 Å². The van der Waals surface area contributed by atoms with Crippen molar-refractivity contribution in [2.45, 2.75) is 51.9 Å². The van der Waals surface area contributed by atoms with Crippen molar-refractivity contribution in [3.8, 4) is 5.75 Å². The lowest BCUT2D eigenvalue weighted by atomic mass is 10.1. The van der Waals surface area contributed by atoms with Gasteiger partial charge in [-0.15, -0.1) is 0 Å². The van der Waals surface area contributed by atoms with Crippen LogP contribution < -0.4 is 4.74 Å². The van der Waals surface area contributed by atoms with E-state index in [9.17, 15) is 22.8 Å². The molecule has 0 N–H and O–H groups in total. The van der Waals surface area contributed by atoms with Crippen LogP contribution >= 0.6 is 0 Å². The van der Waals surface area contributed by atoms with Gasteiger partial charge in [0.05, 0.1) is 11.5 Å². The lowest BCUT2D eigenvalue weighted by molar-refractivity contribution is -0.139. The molecular formula is C21H27F3N2O4. The number of piperazine rings is 1. The molecule has 9 heteroatoms. The summed E-state index contributed by atoms with van der Waals surface area (Å²) in [6, 6.07) is 3.43. The second-order valence-corrected chi connectivity index (χ2v) is 8.80. The number of alkyl halides is 3. The minimum absolute atomic E-state index is 0.0795. The Morgan fingerprint density at radius 2 is 1.67 bits per heavy atom. The molecule has 0 unspecified atom stereocenters. The first-order chi connectivity index (χ1) is 13.9. The number of carbonyl (C=O) groups excluding carboxylic acids is 2. The zero-order valence-electron chi connectivity index (χ0n) is 17.4. The smallest absolute Gasteiger partial charge is 0.416 e. The highest BCUT2D eigenvalue weighted by molar-refractivity contribution is 5.77. The second-order valence-electron chi connectivity index (χ2n) is 8.80. The van der Waals surface area contributed by atoms with Gasteiger partial charge in [-0.25, -0.2) is 4.79 Å². The van der Waals surface area contributed by atoms with E-state index in [-0.39, 0.29) is 18.2 Å². The van der Waals surface area contributed by atoms with E-state index >= 15 is 0 Å². The van der Waals surface area contributed by atoms with Crippen LogP contribution in [0.25, 0.3) is 0 Å². The van der Waals surface area contributed by atoms with Crippen molar-refractivity contribution in [1.82, 2.24) is 9.80 Å². The summed E-state index contributed by atoms with van der Waals surface area (Å²) in [7, 11) is 0. The first kappa shape index (κ1) is 22.4. The van der Waals surface area contributed by atoms with Gasteiger partial charge in [-0.05, 0) is 57.4 Å². The maximum Gasteiger partial charge on any atom is 0.416 e. The summed E-state index contributed by atoms with van der Waals surface area (Å²) in [4.78, 5) is 27.6. The summed E-state index contributed by atoms with van der Waals surface area (Å²) in [5.74, 6) is -0.765. The summed E-state index contributed by atoms with van der Waals surface area (Å²) in [5.41, 5.74) is -1.01. The number of benzene rings is 1. The molecule has 1 aromatic rings. The third-order valence-electron chi connectivity index (χ3n) is 4.85. The Bertz CT molecular complexity index is 792. The van der Waals surface area contributed by atoms with Crippen molar-refractivity contribution in [2.24, 2.45) is 5.92 Å². The summed E-state index contributed by atoms with van der Waals surface area (Å²) in [5, 5.41) is 0. The molecule has 166 valence electrons. The molecule has 2 fully saturated rings. The highest BCUT2D eigenvalue weighted by atomic mass is 19.4. The number of hydrogen-bond donors (Lipinski definition) is 0. The second kappa shape index (κ2) is 8.45. The Kier molecular flexibility index (Phi) is 6.31. The molecule has 0 bridgehead atoms. The maximum atomic E-state index is 13.3. The Balaban J connectivity index is 1.64. The third kappa shape index (κ3) is 6.35. The molecule has 0 radical (unpaired) electrons. The van der Waals surface area contributed by atoms with Gasteiger partial charge in [-0.1, -0.05) is 0 Å². The van der Waals surface area contributed by atoms with Gasteiger partial charge in [-0.3, -0.25) is 9.69 Å². The van der Waals surface area contributed by atoms with E-state index in [4.69, 9.17) is 9.47 Å². The molecule has 0 aromatic heterocycles. The number of esters is 1. The van der Waals surface area contributed by atoms with E-state index in [0.717, 1.165) is 12.1 Å². The van der Waals surface area contributed by atoms with E-state index in [1.54, 1.807) is 25.7 Å². The van der Waals surface area contributed by atoms with Crippen molar-refractivity contribution >= 4 is 12.1 Å². The average Bonchev–Trinajstić information content (AvgIpc) is 3.45. The number of hydrogen-bond acceptors (Lipinski definition) is 5. The lowest BCUT2D eigenvalue weighted by Crippen LogP contribution is -2.49. The van der Waals surface area contributed by atoms with Crippen LogP contribution in [0.4, 0.5) is 18.0 Å². The van der Waals surface area contributed by atoms with Crippen molar-refractivity contribution in [3.63, 3.8) is 0 Å². The summed E-state index contributed by atoms with van der Waals surface area (Å²) < 4.78 is 50.4. The molecule has 0 atom stereocenters. The van der Waals surface area contributed by atoms with Crippen LogP contribution in [0.2, 0.25) is 0 Å². The summed E-state index contributed by atoms with van der Waals surface area (Å²) in [6.07, 6.45) is -3.50. The normalized spacial score (nSPS) is 18.3. The van der Waals surface area contributed by atoms with Gasteiger partial charge in [0.15, 0.2) is 0 Å².